The van der Waals surface area contributed by atoms with E-state index in [0.717, 1.165) is 11.1 Å². The molecule has 0 spiro atoms. The van der Waals surface area contributed by atoms with Gasteiger partial charge in [-0.3, -0.25) is 4.89 Å². The van der Waals surface area contributed by atoms with E-state index >= 15 is 0 Å². The van der Waals surface area contributed by atoms with Gasteiger partial charge in [-0.2, -0.15) is 4.57 Å². The number of rotatable bonds is 12. The highest BCUT2D eigenvalue weighted by Gasteiger charge is 2.33. The first-order valence-corrected chi connectivity index (χ1v) is 16.3. The second-order valence-electron chi connectivity index (χ2n) is 9.99. The number of benzene rings is 5. The van der Waals surface area contributed by atoms with E-state index in [9.17, 15) is 14.0 Å². The molecule has 220 valence electrons. The van der Waals surface area contributed by atoms with Gasteiger partial charge in [-0.05, 0) is 71.8 Å². The van der Waals surface area contributed by atoms with E-state index in [0.29, 0.717) is 17.2 Å². The van der Waals surface area contributed by atoms with Crippen LogP contribution in [0.1, 0.15) is 25.0 Å². The molecule has 1 atom stereocenters. The number of phosphoric acid groups is 2. The Morgan fingerprint density at radius 2 is 0.721 bits per heavy atom. The van der Waals surface area contributed by atoms with Gasteiger partial charge in [0.25, 0.3) is 0 Å². The molecular formula is C33H30O8P2. The van der Waals surface area contributed by atoms with Crippen molar-refractivity contribution in [2.45, 2.75) is 19.3 Å². The molecule has 43 heavy (non-hydrogen) atoms. The molecule has 0 amide bonds. The lowest BCUT2D eigenvalue weighted by atomic mass is 9.78. The van der Waals surface area contributed by atoms with Gasteiger partial charge in [0.05, 0.1) is 0 Å². The van der Waals surface area contributed by atoms with Crippen molar-refractivity contribution in [1.82, 2.24) is 0 Å². The third-order valence-electron chi connectivity index (χ3n) is 6.47. The summed E-state index contributed by atoms with van der Waals surface area (Å²) in [7, 11) is -8.49. The van der Waals surface area contributed by atoms with Gasteiger partial charge in [0.15, 0.2) is 0 Å². The molecule has 1 N–H and O–H groups in total. The topological polar surface area (TPSA) is 101 Å². The molecule has 0 radical (unpaired) electrons. The zero-order chi connectivity index (χ0) is 30.3. The first-order valence-electron chi connectivity index (χ1n) is 13.4. The normalized spacial score (nSPS) is 12.9. The highest BCUT2D eigenvalue weighted by molar-refractivity contribution is 7.49. The van der Waals surface area contributed by atoms with E-state index in [1.54, 1.807) is 103 Å². The van der Waals surface area contributed by atoms with Crippen LogP contribution in [0.25, 0.3) is 0 Å². The fourth-order valence-corrected chi connectivity index (χ4v) is 6.27. The van der Waals surface area contributed by atoms with Crippen molar-refractivity contribution in [3.05, 3.63) is 151 Å². The smallest absolute Gasteiger partial charge is 0.395 e. The summed E-state index contributed by atoms with van der Waals surface area (Å²) >= 11 is 0. The minimum Gasteiger partial charge on any atom is -0.395 e. The van der Waals surface area contributed by atoms with Crippen LogP contribution in [0, 0.1) is 0 Å². The summed E-state index contributed by atoms with van der Waals surface area (Å²) in [6.07, 6.45) is 0. The molecule has 0 bridgehead atoms. The van der Waals surface area contributed by atoms with Crippen LogP contribution in [0.3, 0.4) is 0 Å². The molecule has 5 aromatic carbocycles. The molecule has 0 heterocycles. The van der Waals surface area contributed by atoms with Crippen molar-refractivity contribution >= 4 is 15.6 Å². The Bertz CT molecular complexity index is 1670. The van der Waals surface area contributed by atoms with Crippen LogP contribution >= 0.6 is 15.6 Å². The Morgan fingerprint density at radius 3 is 1.07 bits per heavy atom. The van der Waals surface area contributed by atoms with Crippen LogP contribution in [-0.2, 0) is 14.5 Å². The number of phosphoric ester groups is 2. The third-order valence-corrected chi connectivity index (χ3v) is 8.66. The lowest BCUT2D eigenvalue weighted by molar-refractivity contribution is 0.290. The zero-order valence-corrected chi connectivity index (χ0v) is 25.3. The fraction of sp³-hybridized carbons (Fsp3) is 0.0909. The molecule has 0 aliphatic rings. The molecule has 5 aromatic rings. The molecule has 0 aliphatic heterocycles. The maximum absolute atomic E-state index is 13.7. The Labute approximate surface area is 250 Å². The zero-order valence-electron chi connectivity index (χ0n) is 23.5. The van der Waals surface area contributed by atoms with Gasteiger partial charge in [-0.25, -0.2) is 4.57 Å². The monoisotopic (exact) mass is 616 g/mol. The molecule has 1 unspecified atom stereocenters. The summed E-state index contributed by atoms with van der Waals surface area (Å²) in [5.41, 5.74) is 1.40. The minimum atomic E-state index is -4.38. The Balaban J connectivity index is 1.29. The third kappa shape index (κ3) is 8.08. The van der Waals surface area contributed by atoms with Gasteiger partial charge in [-0.1, -0.05) is 92.7 Å². The van der Waals surface area contributed by atoms with E-state index in [4.69, 9.17) is 22.6 Å². The first-order chi connectivity index (χ1) is 20.6. The van der Waals surface area contributed by atoms with E-state index in [-0.39, 0.29) is 11.5 Å². The van der Waals surface area contributed by atoms with Crippen molar-refractivity contribution in [2.24, 2.45) is 0 Å². The average molecular weight is 617 g/mol. The van der Waals surface area contributed by atoms with Gasteiger partial charge >= 0.3 is 15.6 Å². The van der Waals surface area contributed by atoms with Crippen molar-refractivity contribution in [1.29, 1.82) is 0 Å². The molecule has 5 rings (SSSR count). The highest BCUT2D eigenvalue weighted by Crippen LogP contribution is 2.50. The molecular weight excluding hydrogens is 586 g/mol. The van der Waals surface area contributed by atoms with Gasteiger partial charge in [0.2, 0.25) is 0 Å². The summed E-state index contributed by atoms with van der Waals surface area (Å²) < 4.78 is 53.8. The quantitative estimate of drug-likeness (QED) is 0.139. The maximum atomic E-state index is 13.7. The summed E-state index contributed by atoms with van der Waals surface area (Å²) in [5.74, 6) is 1.41. The van der Waals surface area contributed by atoms with Crippen LogP contribution in [0.4, 0.5) is 0 Å². The Kier molecular flexibility index (Phi) is 8.93. The number of hydrogen-bond acceptors (Lipinski definition) is 7. The van der Waals surface area contributed by atoms with Crippen LogP contribution in [-0.4, -0.2) is 4.89 Å². The van der Waals surface area contributed by atoms with Gasteiger partial charge in [0.1, 0.15) is 28.7 Å². The average Bonchev–Trinajstić information content (AvgIpc) is 2.98. The predicted octanol–water partition coefficient (Wildman–Crippen LogP) is 9.22. The lowest BCUT2D eigenvalue weighted by Crippen LogP contribution is -2.18. The molecule has 8 nitrogen and oxygen atoms in total. The van der Waals surface area contributed by atoms with Gasteiger partial charge < -0.3 is 22.6 Å². The maximum Gasteiger partial charge on any atom is 0.647 e. The predicted molar refractivity (Wildman–Crippen MR) is 165 cm³/mol. The minimum absolute atomic E-state index is 0.192. The fourth-order valence-electron chi connectivity index (χ4n) is 4.20. The van der Waals surface area contributed by atoms with E-state index < -0.39 is 21.1 Å². The standard InChI is InChI=1S/C33H30O8P2/c1-33(2,26-18-22-31(23-19-26)38-42(34,35)37-28-12-6-3-7-13-28)27-20-24-32(25-21-27)41-43(36,39-29-14-8-4-9-15-29)40-30-16-10-5-11-17-30/h3-25H,1-2H3,(H,34,35). The van der Waals surface area contributed by atoms with Gasteiger partial charge in [0, 0.05) is 5.41 Å². The second-order valence-corrected chi connectivity index (χ2v) is 12.7. The summed E-state index contributed by atoms with van der Waals surface area (Å²) in [5, 5.41) is 0. The Hall–Kier alpha value is -4.48. The van der Waals surface area contributed by atoms with Crippen molar-refractivity contribution in [3.8, 4) is 28.7 Å². The number of hydrogen-bond donors (Lipinski definition) is 1. The summed E-state index contributed by atoms with van der Waals surface area (Å²) in [6.45, 7) is 4.08. The van der Waals surface area contributed by atoms with Gasteiger partial charge in [-0.15, -0.1) is 0 Å². The largest absolute Gasteiger partial charge is 0.647 e. The summed E-state index contributed by atoms with van der Waals surface area (Å²) in [6, 6.07) is 39.7. The van der Waals surface area contributed by atoms with Crippen LogP contribution in [0.2, 0.25) is 0 Å². The molecule has 0 aliphatic carbocycles. The lowest BCUT2D eigenvalue weighted by Gasteiger charge is -2.27. The molecule has 0 saturated carbocycles. The summed E-state index contributed by atoms with van der Waals surface area (Å²) in [4.78, 5) is 10.2. The highest BCUT2D eigenvalue weighted by atomic mass is 31.2. The van der Waals surface area contributed by atoms with E-state index in [2.05, 4.69) is 0 Å². The van der Waals surface area contributed by atoms with Crippen molar-refractivity contribution in [2.75, 3.05) is 0 Å². The van der Waals surface area contributed by atoms with E-state index in [1.165, 1.54) is 0 Å². The molecule has 0 saturated heterocycles. The Morgan fingerprint density at radius 1 is 0.442 bits per heavy atom. The first kappa shape index (κ1) is 30.0. The van der Waals surface area contributed by atoms with Crippen LogP contribution < -0.4 is 22.6 Å². The second kappa shape index (κ2) is 12.8. The SMILES string of the molecule is CC(C)(c1ccc(OP(=O)(O)Oc2ccccc2)cc1)c1ccc(OP(=O)(Oc2ccccc2)Oc2ccccc2)cc1. The molecule has 0 fully saturated rings. The number of para-hydroxylation sites is 3. The molecule has 0 aromatic heterocycles. The van der Waals surface area contributed by atoms with Crippen molar-refractivity contribution in [3.63, 3.8) is 0 Å². The molecule has 10 heteroatoms. The van der Waals surface area contributed by atoms with Crippen LogP contribution in [0.15, 0.2) is 140 Å². The van der Waals surface area contributed by atoms with Crippen molar-refractivity contribution < 1.29 is 36.6 Å². The van der Waals surface area contributed by atoms with Crippen LogP contribution in [0.5, 0.6) is 28.7 Å². The van der Waals surface area contributed by atoms with E-state index in [1.807, 2.05) is 50.2 Å².